The molecular formula is C17H19FN4OS. The minimum Gasteiger partial charge on any atom is -0.338 e. The van der Waals surface area contributed by atoms with Gasteiger partial charge in [0.2, 0.25) is 5.89 Å². The van der Waals surface area contributed by atoms with Crippen molar-refractivity contribution in [3.05, 3.63) is 48.0 Å². The molecule has 0 amide bonds. The Morgan fingerprint density at radius 1 is 1.21 bits per heavy atom. The Balaban J connectivity index is 1.72. The number of rotatable bonds is 4. The van der Waals surface area contributed by atoms with Gasteiger partial charge in [0.1, 0.15) is 5.82 Å². The summed E-state index contributed by atoms with van der Waals surface area (Å²) in [6, 6.07) is 6.29. The minimum atomic E-state index is -0.257. The second kappa shape index (κ2) is 6.39. The summed E-state index contributed by atoms with van der Waals surface area (Å²) < 4.78 is 18.4. The number of benzene rings is 1. The number of hydrogen-bond acceptors (Lipinski definition) is 5. The van der Waals surface area contributed by atoms with Gasteiger partial charge in [0.15, 0.2) is 11.0 Å². The lowest BCUT2D eigenvalue weighted by Crippen LogP contribution is -2.13. The molecule has 2 aromatic heterocycles. The fourth-order valence-corrected chi connectivity index (χ4v) is 2.88. The number of aromatic nitrogens is 4. The Morgan fingerprint density at radius 2 is 1.92 bits per heavy atom. The van der Waals surface area contributed by atoms with Crippen LogP contribution in [-0.4, -0.2) is 20.1 Å². The van der Waals surface area contributed by atoms with E-state index in [4.69, 9.17) is 4.52 Å². The molecule has 1 N–H and O–H groups in total. The Kier molecular flexibility index (Phi) is 4.45. The molecule has 1 atom stereocenters. The van der Waals surface area contributed by atoms with Crippen molar-refractivity contribution in [3.63, 3.8) is 0 Å². The van der Waals surface area contributed by atoms with Crippen molar-refractivity contribution < 1.29 is 8.91 Å². The molecule has 7 heteroatoms. The predicted molar refractivity (Wildman–Crippen MR) is 91.3 cm³/mol. The highest BCUT2D eigenvalue weighted by Crippen LogP contribution is 2.34. The van der Waals surface area contributed by atoms with Crippen LogP contribution in [0.3, 0.4) is 0 Å². The Hall–Kier alpha value is -2.15. The summed E-state index contributed by atoms with van der Waals surface area (Å²) in [5.74, 6) is 1.01. The van der Waals surface area contributed by atoms with Crippen LogP contribution >= 0.6 is 11.8 Å². The fourth-order valence-electron chi connectivity index (χ4n) is 2.06. The lowest BCUT2D eigenvalue weighted by Gasteiger charge is -2.11. The molecule has 0 aliphatic carbocycles. The minimum absolute atomic E-state index is 0.0270. The molecule has 0 fully saturated rings. The van der Waals surface area contributed by atoms with E-state index in [0.29, 0.717) is 11.7 Å². The van der Waals surface area contributed by atoms with E-state index in [-0.39, 0.29) is 16.5 Å². The Bertz CT molecular complexity index is 820. The van der Waals surface area contributed by atoms with Crippen LogP contribution < -0.4 is 0 Å². The summed E-state index contributed by atoms with van der Waals surface area (Å²) in [7, 11) is 0. The fraction of sp³-hybridized carbons (Fsp3) is 0.353. The van der Waals surface area contributed by atoms with Gasteiger partial charge in [-0.05, 0) is 36.8 Å². The first-order valence-electron chi connectivity index (χ1n) is 7.64. The first kappa shape index (κ1) is 16.7. The summed E-state index contributed by atoms with van der Waals surface area (Å²) in [4.78, 5) is 12.1. The average Bonchev–Trinajstić information content (AvgIpc) is 3.16. The van der Waals surface area contributed by atoms with Gasteiger partial charge in [-0.3, -0.25) is 0 Å². The molecule has 3 rings (SSSR count). The van der Waals surface area contributed by atoms with Crippen molar-refractivity contribution in [1.29, 1.82) is 0 Å². The highest BCUT2D eigenvalue weighted by Gasteiger charge is 2.24. The summed E-state index contributed by atoms with van der Waals surface area (Å²) in [5, 5.41) is 4.77. The number of aromatic amines is 1. The molecule has 0 bridgehead atoms. The van der Waals surface area contributed by atoms with Crippen molar-refractivity contribution >= 4 is 11.8 Å². The number of thioether (sulfide) groups is 1. The van der Waals surface area contributed by atoms with E-state index in [2.05, 4.69) is 20.1 Å². The van der Waals surface area contributed by atoms with Gasteiger partial charge in [-0.25, -0.2) is 9.37 Å². The first-order chi connectivity index (χ1) is 11.3. The largest absolute Gasteiger partial charge is 0.338 e. The molecule has 3 aromatic rings. The second-order valence-corrected chi connectivity index (χ2v) is 7.90. The van der Waals surface area contributed by atoms with Gasteiger partial charge in [-0.1, -0.05) is 37.7 Å². The third kappa shape index (κ3) is 3.67. The summed E-state index contributed by atoms with van der Waals surface area (Å²) in [6.07, 6.45) is 1.73. The van der Waals surface area contributed by atoms with Crippen LogP contribution in [-0.2, 0) is 5.41 Å². The standard InChI is InChI=1S/C17H19FN4OS/c1-10(14-21-15(22-23-14)17(2,3)4)24-16-19-9-13(20-16)11-5-7-12(18)8-6-11/h5-10H,1-4H3,(H,19,20)/t10-/m1/s1. The van der Waals surface area contributed by atoms with E-state index in [1.807, 2.05) is 27.7 Å². The van der Waals surface area contributed by atoms with Gasteiger partial charge >= 0.3 is 0 Å². The maximum atomic E-state index is 13.0. The SMILES string of the molecule is C[C@@H](Sc1ncc(-c2ccc(F)cc2)[nH]1)c1nc(C(C)(C)C)no1. The molecule has 126 valence electrons. The van der Waals surface area contributed by atoms with Crippen molar-refractivity contribution in [2.45, 2.75) is 43.5 Å². The van der Waals surface area contributed by atoms with E-state index < -0.39 is 0 Å². The number of nitrogens with zero attached hydrogens (tertiary/aromatic N) is 3. The molecular weight excluding hydrogens is 327 g/mol. The highest BCUT2D eigenvalue weighted by molar-refractivity contribution is 7.99. The lowest BCUT2D eigenvalue weighted by molar-refractivity contribution is 0.364. The summed E-state index contributed by atoms with van der Waals surface area (Å²) in [5.41, 5.74) is 1.58. The molecule has 0 aliphatic heterocycles. The van der Waals surface area contributed by atoms with Crippen LogP contribution in [0.2, 0.25) is 0 Å². The predicted octanol–water partition coefficient (Wildman–Crippen LogP) is 4.75. The second-order valence-electron chi connectivity index (χ2n) is 6.58. The Labute approximate surface area is 144 Å². The Morgan fingerprint density at radius 3 is 2.54 bits per heavy atom. The number of hydrogen-bond donors (Lipinski definition) is 1. The normalized spacial score (nSPS) is 13.2. The van der Waals surface area contributed by atoms with Gasteiger partial charge in [0.25, 0.3) is 0 Å². The molecule has 0 saturated heterocycles. The van der Waals surface area contributed by atoms with E-state index in [1.165, 1.54) is 23.9 Å². The molecule has 0 radical (unpaired) electrons. The van der Waals surface area contributed by atoms with Crippen LogP contribution in [0, 0.1) is 5.82 Å². The molecule has 0 spiro atoms. The molecule has 1 aromatic carbocycles. The molecule has 0 aliphatic rings. The molecule has 2 heterocycles. The molecule has 0 saturated carbocycles. The van der Waals surface area contributed by atoms with Gasteiger partial charge < -0.3 is 9.51 Å². The third-order valence-electron chi connectivity index (χ3n) is 3.46. The number of imidazole rings is 1. The smallest absolute Gasteiger partial charge is 0.239 e. The average molecular weight is 346 g/mol. The van der Waals surface area contributed by atoms with Crippen LogP contribution in [0.25, 0.3) is 11.3 Å². The maximum absolute atomic E-state index is 13.0. The van der Waals surface area contributed by atoms with E-state index in [1.54, 1.807) is 18.3 Å². The van der Waals surface area contributed by atoms with Crippen LogP contribution in [0.1, 0.15) is 44.7 Å². The number of nitrogens with one attached hydrogen (secondary N) is 1. The van der Waals surface area contributed by atoms with Crippen LogP contribution in [0.4, 0.5) is 4.39 Å². The van der Waals surface area contributed by atoms with Crippen LogP contribution in [0.15, 0.2) is 40.1 Å². The summed E-state index contributed by atoms with van der Waals surface area (Å²) >= 11 is 1.50. The maximum Gasteiger partial charge on any atom is 0.239 e. The molecule has 5 nitrogen and oxygen atoms in total. The zero-order valence-corrected chi connectivity index (χ0v) is 14.8. The highest BCUT2D eigenvalue weighted by atomic mass is 32.2. The van der Waals surface area contributed by atoms with E-state index in [0.717, 1.165) is 16.4 Å². The van der Waals surface area contributed by atoms with Gasteiger partial charge in [0.05, 0.1) is 17.1 Å². The number of halogens is 1. The first-order valence-corrected chi connectivity index (χ1v) is 8.52. The van der Waals surface area contributed by atoms with Crippen molar-refractivity contribution in [1.82, 2.24) is 20.1 Å². The quantitative estimate of drug-likeness (QED) is 0.691. The van der Waals surface area contributed by atoms with E-state index in [9.17, 15) is 4.39 Å². The summed E-state index contributed by atoms with van der Waals surface area (Å²) in [6.45, 7) is 8.12. The third-order valence-corrected chi connectivity index (χ3v) is 4.44. The zero-order valence-electron chi connectivity index (χ0n) is 14.0. The zero-order chi connectivity index (χ0) is 17.3. The van der Waals surface area contributed by atoms with E-state index >= 15 is 0 Å². The van der Waals surface area contributed by atoms with Crippen molar-refractivity contribution in [3.8, 4) is 11.3 Å². The van der Waals surface area contributed by atoms with Gasteiger partial charge in [-0.15, -0.1) is 0 Å². The number of H-pyrrole nitrogens is 1. The monoisotopic (exact) mass is 346 g/mol. The van der Waals surface area contributed by atoms with Gasteiger partial charge in [0, 0.05) is 5.41 Å². The molecule has 24 heavy (non-hydrogen) atoms. The van der Waals surface area contributed by atoms with Crippen LogP contribution in [0.5, 0.6) is 0 Å². The molecule has 0 unspecified atom stereocenters. The van der Waals surface area contributed by atoms with Crippen molar-refractivity contribution in [2.75, 3.05) is 0 Å². The lowest BCUT2D eigenvalue weighted by atomic mass is 9.96. The topological polar surface area (TPSA) is 67.6 Å². The van der Waals surface area contributed by atoms with Gasteiger partial charge in [-0.2, -0.15) is 4.98 Å². The van der Waals surface area contributed by atoms with Crippen molar-refractivity contribution in [2.24, 2.45) is 0 Å².